The van der Waals surface area contributed by atoms with Crippen molar-refractivity contribution in [1.82, 2.24) is 5.32 Å². The van der Waals surface area contributed by atoms with Gasteiger partial charge in [0.1, 0.15) is 5.60 Å². The molecule has 20 heavy (non-hydrogen) atoms. The third-order valence-corrected chi connectivity index (χ3v) is 2.60. The Balaban J connectivity index is 2.58. The van der Waals surface area contributed by atoms with Crippen LogP contribution in [0.15, 0.2) is 12.1 Å². The van der Waals surface area contributed by atoms with Crippen LogP contribution in [0.3, 0.4) is 0 Å². The number of hydrogen-bond acceptors (Lipinski definition) is 3. The van der Waals surface area contributed by atoms with Crippen LogP contribution in [0.4, 0.5) is 10.5 Å². The smallest absolute Gasteiger partial charge is 0.408 e. The lowest BCUT2D eigenvalue weighted by molar-refractivity contribution is 0.0535. The lowest BCUT2D eigenvalue weighted by Gasteiger charge is -2.19. The van der Waals surface area contributed by atoms with E-state index in [0.717, 1.165) is 11.1 Å². The van der Waals surface area contributed by atoms with Gasteiger partial charge >= 0.3 is 6.09 Å². The zero-order valence-electron chi connectivity index (χ0n) is 12.1. The normalized spacial score (nSPS) is 10.4. The maximum Gasteiger partial charge on any atom is 0.408 e. The molecule has 1 rings (SSSR count). The monoisotopic (exact) mass is 294 g/mol. The number of halogens is 1. The minimum Gasteiger partial charge on any atom is -0.444 e. The summed E-state index contributed by atoms with van der Waals surface area (Å²) in [6.45, 7) is 7.48. The molecule has 0 aromatic heterocycles. The fraction of sp³-hybridized carbons (Fsp3) is 0.400. The van der Waals surface area contributed by atoms with Gasteiger partial charge in [0.15, 0.2) is 0 Å². The Morgan fingerprint density at radius 3 is 2.65 bits per heavy atom. The van der Waals surface area contributed by atoms with Crippen LogP contribution in [0.5, 0.6) is 0 Å². The van der Waals surface area contributed by atoms with Gasteiger partial charge in [-0.05, 0) is 45.4 Å². The summed E-state index contributed by atoms with van der Waals surface area (Å²) in [7, 11) is 0. The minimum atomic E-state index is -0.515. The molecule has 4 nitrogen and oxygen atoms in total. The maximum absolute atomic E-state index is 11.4. The van der Waals surface area contributed by atoms with Gasteiger partial charge in [0.05, 0.1) is 17.3 Å². The molecule has 0 aliphatic rings. The van der Waals surface area contributed by atoms with E-state index in [1.807, 2.05) is 13.0 Å². The number of nitrogen functional groups attached to an aromatic ring is 1. The number of nitrogens with one attached hydrogen (secondary N) is 1. The van der Waals surface area contributed by atoms with Crippen LogP contribution in [0.2, 0.25) is 5.02 Å². The van der Waals surface area contributed by atoms with Crippen LogP contribution < -0.4 is 11.1 Å². The number of alkyl carbamates (subject to hydrolysis) is 1. The molecule has 0 heterocycles. The predicted molar refractivity (Wildman–Crippen MR) is 81.7 cm³/mol. The van der Waals surface area contributed by atoms with Crippen LogP contribution in [-0.4, -0.2) is 18.2 Å². The number of carbonyl (C=O) groups excluding carboxylic acids is 1. The highest BCUT2D eigenvalue weighted by atomic mass is 35.5. The number of carbonyl (C=O) groups is 1. The third kappa shape index (κ3) is 5.41. The van der Waals surface area contributed by atoms with Gasteiger partial charge in [-0.25, -0.2) is 4.79 Å². The molecular weight excluding hydrogens is 276 g/mol. The van der Waals surface area contributed by atoms with E-state index in [0.29, 0.717) is 10.7 Å². The zero-order valence-corrected chi connectivity index (χ0v) is 12.9. The SMILES string of the molecule is Cc1cc(C#CCNC(=O)OC(C)(C)C)cc(Cl)c1N. The van der Waals surface area contributed by atoms with Gasteiger partial charge in [0, 0.05) is 5.56 Å². The Hall–Kier alpha value is -1.86. The molecule has 0 aliphatic carbocycles. The molecule has 0 spiro atoms. The summed E-state index contributed by atoms with van der Waals surface area (Å²) in [5.41, 5.74) is 7.43. The van der Waals surface area contributed by atoms with E-state index in [4.69, 9.17) is 22.1 Å². The summed E-state index contributed by atoms with van der Waals surface area (Å²) in [5.74, 6) is 5.74. The first-order chi connectivity index (χ1) is 9.19. The van der Waals surface area contributed by atoms with Gasteiger partial charge in [0.2, 0.25) is 0 Å². The summed E-state index contributed by atoms with van der Waals surface area (Å²) in [5, 5.41) is 3.04. The van der Waals surface area contributed by atoms with Crippen LogP contribution in [-0.2, 0) is 4.74 Å². The summed E-state index contributed by atoms with van der Waals surface area (Å²) < 4.78 is 5.09. The molecule has 1 amide bonds. The molecule has 0 saturated heterocycles. The van der Waals surface area contributed by atoms with E-state index >= 15 is 0 Å². The molecule has 3 N–H and O–H groups in total. The van der Waals surface area contributed by atoms with Gasteiger partial charge in [-0.3, -0.25) is 0 Å². The molecule has 108 valence electrons. The first-order valence-corrected chi connectivity index (χ1v) is 6.58. The van der Waals surface area contributed by atoms with Gasteiger partial charge in [-0.15, -0.1) is 0 Å². The molecule has 0 bridgehead atoms. The topological polar surface area (TPSA) is 64.3 Å². The van der Waals surface area contributed by atoms with E-state index in [9.17, 15) is 4.79 Å². The second-order valence-electron chi connectivity index (χ2n) is 5.35. The second-order valence-corrected chi connectivity index (χ2v) is 5.75. The number of benzene rings is 1. The Morgan fingerprint density at radius 1 is 1.45 bits per heavy atom. The third-order valence-electron chi connectivity index (χ3n) is 2.29. The van der Waals surface area contributed by atoms with E-state index in [-0.39, 0.29) is 6.54 Å². The van der Waals surface area contributed by atoms with E-state index in [2.05, 4.69) is 17.2 Å². The Bertz CT molecular complexity index is 542. The summed E-state index contributed by atoms with van der Waals surface area (Å²) in [6.07, 6.45) is -0.488. The maximum atomic E-state index is 11.4. The number of nitrogens with two attached hydrogens (primary N) is 1. The predicted octanol–water partition coefficient (Wildman–Crippen LogP) is 3.11. The van der Waals surface area contributed by atoms with Gasteiger partial charge in [0.25, 0.3) is 0 Å². The van der Waals surface area contributed by atoms with Crippen molar-refractivity contribution in [1.29, 1.82) is 0 Å². The first kappa shape index (κ1) is 16.2. The molecule has 0 saturated carbocycles. The molecule has 1 aromatic carbocycles. The van der Waals surface area contributed by atoms with Crippen molar-refractivity contribution in [3.05, 3.63) is 28.3 Å². The van der Waals surface area contributed by atoms with Crippen molar-refractivity contribution in [3.8, 4) is 11.8 Å². The molecule has 0 unspecified atom stereocenters. The molecule has 0 atom stereocenters. The molecule has 0 fully saturated rings. The van der Waals surface area contributed by atoms with Gasteiger partial charge < -0.3 is 15.8 Å². The lowest BCUT2D eigenvalue weighted by atomic mass is 10.1. The van der Waals surface area contributed by atoms with Crippen LogP contribution in [0.1, 0.15) is 31.9 Å². The van der Waals surface area contributed by atoms with Gasteiger partial charge in [-0.2, -0.15) is 0 Å². The zero-order chi connectivity index (χ0) is 15.3. The number of amides is 1. The van der Waals surface area contributed by atoms with E-state index in [1.54, 1.807) is 26.8 Å². The van der Waals surface area contributed by atoms with E-state index < -0.39 is 11.7 Å². The fourth-order valence-corrected chi connectivity index (χ4v) is 1.67. The van der Waals surface area contributed by atoms with Crippen molar-refractivity contribution in [2.75, 3.05) is 12.3 Å². The first-order valence-electron chi connectivity index (χ1n) is 6.20. The highest BCUT2D eigenvalue weighted by Crippen LogP contribution is 2.23. The summed E-state index contributed by atoms with van der Waals surface area (Å²) >= 11 is 5.97. The Labute approximate surface area is 124 Å². The molecule has 1 aromatic rings. The van der Waals surface area contributed by atoms with Crippen molar-refractivity contribution < 1.29 is 9.53 Å². The molecule has 0 radical (unpaired) electrons. The fourth-order valence-electron chi connectivity index (χ4n) is 1.40. The van der Waals surface area contributed by atoms with Crippen LogP contribution >= 0.6 is 11.6 Å². The lowest BCUT2D eigenvalue weighted by Crippen LogP contribution is -2.32. The second kappa shape index (κ2) is 6.53. The van der Waals surface area contributed by atoms with Crippen molar-refractivity contribution in [2.45, 2.75) is 33.3 Å². The summed E-state index contributed by atoms with van der Waals surface area (Å²) in [4.78, 5) is 11.4. The number of rotatable bonds is 1. The average molecular weight is 295 g/mol. The number of anilines is 1. The van der Waals surface area contributed by atoms with Crippen molar-refractivity contribution in [2.24, 2.45) is 0 Å². The van der Waals surface area contributed by atoms with E-state index in [1.165, 1.54) is 0 Å². The van der Waals surface area contributed by atoms with Crippen LogP contribution in [0.25, 0.3) is 0 Å². The van der Waals surface area contributed by atoms with Crippen molar-refractivity contribution >= 4 is 23.4 Å². The Morgan fingerprint density at radius 2 is 2.10 bits per heavy atom. The standard InChI is InChI=1S/C15H19ClN2O2/c1-10-8-11(9-12(16)13(10)17)6-5-7-18-14(19)20-15(2,3)4/h8-9H,7,17H2,1-4H3,(H,18,19). The highest BCUT2D eigenvalue weighted by molar-refractivity contribution is 6.33. The molecular formula is C15H19ClN2O2. The largest absolute Gasteiger partial charge is 0.444 e. The molecule has 0 aliphatic heterocycles. The van der Waals surface area contributed by atoms with Gasteiger partial charge in [-0.1, -0.05) is 23.4 Å². The highest BCUT2D eigenvalue weighted by Gasteiger charge is 2.14. The Kier molecular flexibility index (Phi) is 5.29. The molecule has 5 heteroatoms. The minimum absolute atomic E-state index is 0.204. The quantitative estimate of drug-likeness (QED) is 0.618. The van der Waals surface area contributed by atoms with Crippen molar-refractivity contribution in [3.63, 3.8) is 0 Å². The number of ether oxygens (including phenoxy) is 1. The summed E-state index contributed by atoms with van der Waals surface area (Å²) in [6, 6.07) is 3.55. The number of aryl methyl sites for hydroxylation is 1. The average Bonchev–Trinajstić information content (AvgIpc) is 2.29. The number of hydrogen-bond donors (Lipinski definition) is 2. The van der Waals surface area contributed by atoms with Crippen LogP contribution in [0, 0.1) is 18.8 Å².